The van der Waals surface area contributed by atoms with Gasteiger partial charge in [-0.05, 0) is 38.5 Å². The lowest BCUT2D eigenvalue weighted by Gasteiger charge is -1.93. The highest BCUT2D eigenvalue weighted by Crippen LogP contribution is 2.29. The molecule has 6 heteroatoms. The van der Waals surface area contributed by atoms with E-state index in [1.165, 1.54) is 0 Å². The van der Waals surface area contributed by atoms with Crippen LogP contribution in [0.3, 0.4) is 0 Å². The Hall–Kier alpha value is 0.120. The van der Waals surface area contributed by atoms with Crippen molar-refractivity contribution in [2.45, 2.75) is 0 Å². The van der Waals surface area contributed by atoms with Crippen molar-refractivity contribution in [3.8, 4) is 0 Å². The molecule has 0 radical (unpaired) electrons. The van der Waals surface area contributed by atoms with Gasteiger partial charge in [0.2, 0.25) is 0 Å². The van der Waals surface area contributed by atoms with E-state index in [0.29, 0.717) is 10.7 Å². The number of aromatic amines is 1. The van der Waals surface area contributed by atoms with Gasteiger partial charge in [0.05, 0.1) is 5.39 Å². The highest BCUT2D eigenvalue weighted by Gasteiger charge is 2.10. The van der Waals surface area contributed by atoms with Gasteiger partial charge in [0.25, 0.3) is 0 Å². The van der Waals surface area contributed by atoms with Crippen LogP contribution in [0.1, 0.15) is 0 Å². The van der Waals surface area contributed by atoms with Gasteiger partial charge >= 0.3 is 0 Å². The Morgan fingerprint density at radius 3 is 3.00 bits per heavy atom. The smallest absolute Gasteiger partial charge is 0.157 e. The van der Waals surface area contributed by atoms with E-state index in [2.05, 4.69) is 53.7 Å². The number of nitrogens with zero attached hydrogens (tertiary/aromatic N) is 2. The summed E-state index contributed by atoms with van der Waals surface area (Å²) in [5.41, 5.74) is 0.704. The van der Waals surface area contributed by atoms with Crippen molar-refractivity contribution in [2.24, 2.45) is 0 Å². The van der Waals surface area contributed by atoms with E-state index in [1.807, 2.05) is 0 Å². The van der Waals surface area contributed by atoms with Gasteiger partial charge in [0.15, 0.2) is 5.15 Å². The van der Waals surface area contributed by atoms with E-state index in [1.54, 1.807) is 6.20 Å². The molecule has 0 amide bonds. The number of hydrogen-bond acceptors (Lipinski definition) is 2. The molecule has 0 aromatic carbocycles. The molecule has 1 N–H and O–H groups in total. The summed E-state index contributed by atoms with van der Waals surface area (Å²) in [7, 11) is 0. The molecular weight excluding hydrogens is 356 g/mol. The second kappa shape index (κ2) is 3.12. The zero-order valence-corrected chi connectivity index (χ0v) is 10.1. The first kappa shape index (κ1) is 8.71. The van der Waals surface area contributed by atoms with E-state index in [-0.39, 0.29) is 0 Å². The van der Waals surface area contributed by atoms with Crippen LogP contribution in [0, 0.1) is 3.70 Å². The van der Waals surface area contributed by atoms with Crippen molar-refractivity contribution in [1.82, 2.24) is 15.2 Å². The van der Waals surface area contributed by atoms with E-state index in [9.17, 15) is 0 Å². The maximum absolute atomic E-state index is 5.82. The fourth-order valence-electron chi connectivity index (χ4n) is 0.927. The number of rotatable bonds is 0. The summed E-state index contributed by atoms with van der Waals surface area (Å²) < 4.78 is 1.86. The molecule has 2 rings (SSSR count). The summed E-state index contributed by atoms with van der Waals surface area (Å²) in [6, 6.07) is 0. The molecule has 0 atom stereocenters. The maximum Gasteiger partial charge on any atom is 0.157 e. The van der Waals surface area contributed by atoms with Gasteiger partial charge in [-0.3, -0.25) is 5.10 Å². The second-order valence-electron chi connectivity index (χ2n) is 2.16. The average molecular weight is 358 g/mol. The van der Waals surface area contributed by atoms with Crippen LogP contribution >= 0.6 is 50.1 Å². The highest BCUT2D eigenvalue weighted by atomic mass is 127. The lowest BCUT2D eigenvalue weighted by molar-refractivity contribution is 1.09. The van der Waals surface area contributed by atoms with Gasteiger partial charge in [-0.15, -0.1) is 0 Å². The largest absolute Gasteiger partial charge is 0.271 e. The summed E-state index contributed by atoms with van der Waals surface area (Å²) in [4.78, 5) is 3.95. The summed E-state index contributed by atoms with van der Waals surface area (Å²) in [6.07, 6.45) is 1.67. The number of pyridine rings is 1. The molecule has 2 aromatic rings. The monoisotopic (exact) mass is 357 g/mol. The number of hydrogen-bond donors (Lipinski definition) is 1. The molecule has 3 nitrogen and oxygen atoms in total. The van der Waals surface area contributed by atoms with Crippen molar-refractivity contribution in [1.29, 1.82) is 0 Å². The third kappa shape index (κ3) is 1.23. The first-order valence-corrected chi connectivity index (χ1v) is 5.28. The molecule has 0 bridgehead atoms. The number of halogens is 3. The number of fused-ring (bicyclic) bond motifs is 1. The Morgan fingerprint density at radius 1 is 1.58 bits per heavy atom. The standard InChI is InChI=1S/C6H2BrClIN3/c7-2-1-10-5(8)4-3(2)6(9)12-11-4/h1H,(H,11,12). The molecule has 0 aliphatic heterocycles. The van der Waals surface area contributed by atoms with Crippen molar-refractivity contribution < 1.29 is 0 Å². The quantitative estimate of drug-likeness (QED) is 0.581. The molecule has 0 aliphatic carbocycles. The first-order valence-electron chi connectivity index (χ1n) is 3.03. The fraction of sp³-hybridized carbons (Fsp3) is 0. The number of aromatic nitrogens is 3. The van der Waals surface area contributed by atoms with Gasteiger partial charge in [-0.25, -0.2) is 4.98 Å². The zero-order valence-electron chi connectivity index (χ0n) is 5.61. The molecule has 0 saturated carbocycles. The topological polar surface area (TPSA) is 41.6 Å². The molecular formula is C6H2BrClIN3. The molecule has 0 spiro atoms. The summed E-state index contributed by atoms with van der Waals surface area (Å²) in [5, 5.41) is 8.27. The minimum absolute atomic E-state index is 0.423. The Morgan fingerprint density at radius 2 is 2.33 bits per heavy atom. The molecule has 0 unspecified atom stereocenters. The minimum atomic E-state index is 0.423. The summed E-state index contributed by atoms with van der Waals surface area (Å²) in [5.74, 6) is 0. The highest BCUT2D eigenvalue weighted by molar-refractivity contribution is 14.1. The number of nitrogens with one attached hydrogen (secondary N) is 1. The van der Waals surface area contributed by atoms with Gasteiger partial charge in [-0.1, -0.05) is 11.6 Å². The lowest BCUT2D eigenvalue weighted by Crippen LogP contribution is -1.78. The molecule has 0 aliphatic rings. The maximum atomic E-state index is 5.82. The van der Waals surface area contributed by atoms with Crippen LogP contribution in [-0.4, -0.2) is 15.2 Å². The van der Waals surface area contributed by atoms with Crippen molar-refractivity contribution in [2.75, 3.05) is 0 Å². The van der Waals surface area contributed by atoms with Crippen LogP contribution < -0.4 is 0 Å². The fourth-order valence-corrected chi connectivity index (χ4v) is 2.64. The predicted molar refractivity (Wildman–Crippen MR) is 59.3 cm³/mol. The third-order valence-corrected chi connectivity index (χ3v) is 3.11. The van der Waals surface area contributed by atoms with Gasteiger partial charge < -0.3 is 0 Å². The molecule has 0 saturated heterocycles. The van der Waals surface area contributed by atoms with Crippen molar-refractivity contribution >= 4 is 61.0 Å². The van der Waals surface area contributed by atoms with E-state index in [0.717, 1.165) is 13.6 Å². The number of H-pyrrole nitrogens is 1. The van der Waals surface area contributed by atoms with Gasteiger partial charge in [0, 0.05) is 10.7 Å². The van der Waals surface area contributed by atoms with Crippen molar-refractivity contribution in [3.05, 3.63) is 19.5 Å². The Labute approximate surface area is 95.2 Å². The van der Waals surface area contributed by atoms with Crippen LogP contribution in [0.15, 0.2) is 10.7 Å². The molecule has 0 fully saturated rings. The zero-order chi connectivity index (χ0) is 8.72. The first-order chi connectivity index (χ1) is 5.70. The average Bonchev–Trinajstić information content (AvgIpc) is 2.42. The normalized spacial score (nSPS) is 10.9. The van der Waals surface area contributed by atoms with Gasteiger partial charge in [0.1, 0.15) is 9.22 Å². The van der Waals surface area contributed by atoms with E-state index in [4.69, 9.17) is 11.6 Å². The molecule has 2 aromatic heterocycles. The molecule has 62 valence electrons. The SMILES string of the molecule is Clc1ncc(Br)c2c(I)[nH]nc12. The van der Waals surface area contributed by atoms with Crippen LogP contribution in [-0.2, 0) is 0 Å². The van der Waals surface area contributed by atoms with Crippen LogP contribution in [0.2, 0.25) is 5.15 Å². The Bertz CT molecular complexity index is 442. The second-order valence-corrected chi connectivity index (χ2v) is 4.45. The third-order valence-electron chi connectivity index (χ3n) is 1.45. The van der Waals surface area contributed by atoms with Gasteiger partial charge in [-0.2, -0.15) is 5.10 Å². The van der Waals surface area contributed by atoms with Crippen LogP contribution in [0.5, 0.6) is 0 Å². The van der Waals surface area contributed by atoms with E-state index >= 15 is 0 Å². The van der Waals surface area contributed by atoms with Crippen molar-refractivity contribution in [3.63, 3.8) is 0 Å². The Kier molecular flexibility index (Phi) is 2.26. The van der Waals surface area contributed by atoms with E-state index < -0.39 is 0 Å². The summed E-state index contributed by atoms with van der Waals surface area (Å²) >= 11 is 11.4. The van der Waals surface area contributed by atoms with Crippen LogP contribution in [0.4, 0.5) is 0 Å². The minimum Gasteiger partial charge on any atom is -0.271 e. The lowest BCUT2D eigenvalue weighted by atomic mass is 10.3. The summed E-state index contributed by atoms with van der Waals surface area (Å²) in [6.45, 7) is 0. The molecule has 2 heterocycles. The predicted octanol–water partition coefficient (Wildman–Crippen LogP) is 2.98. The Balaban J connectivity index is 2.98. The molecule has 12 heavy (non-hydrogen) atoms. The van der Waals surface area contributed by atoms with Crippen LogP contribution in [0.25, 0.3) is 10.9 Å².